The van der Waals surface area contributed by atoms with E-state index >= 15 is 0 Å². The van der Waals surface area contributed by atoms with Crippen LogP contribution in [0.4, 0.5) is 19.0 Å². The van der Waals surface area contributed by atoms with E-state index in [1.165, 1.54) is 17.7 Å². The quantitative estimate of drug-likeness (QED) is 0.510. The molecule has 6 nitrogen and oxygen atoms in total. The normalized spacial score (nSPS) is 19.4. The molecular weight excluding hydrogens is 447 g/mol. The molecule has 2 atom stereocenters. The zero-order valence-corrected chi connectivity index (χ0v) is 19.0. The van der Waals surface area contributed by atoms with Gasteiger partial charge in [-0.15, -0.1) is 0 Å². The first-order chi connectivity index (χ1) is 16.3. The average Bonchev–Trinajstić information content (AvgIpc) is 3.26. The Balaban J connectivity index is 1.22. The number of unbranched alkanes of at least 4 members (excludes halogenated alkanes) is 1. The van der Waals surface area contributed by atoms with Gasteiger partial charge in [0.05, 0.1) is 11.7 Å². The molecule has 1 saturated heterocycles. The summed E-state index contributed by atoms with van der Waals surface area (Å²) >= 11 is 0. The number of alkyl halides is 3. The molecule has 0 spiro atoms. The maximum absolute atomic E-state index is 12.8. The summed E-state index contributed by atoms with van der Waals surface area (Å²) in [5.74, 6) is -0.0699. The third-order valence-corrected chi connectivity index (χ3v) is 6.46. The number of carboxylic acid groups (broad SMARTS) is 1. The second-order valence-electron chi connectivity index (χ2n) is 8.93. The number of carboxylic acids is 1. The first-order valence-corrected chi connectivity index (χ1v) is 11.8. The standard InChI is InChI=1S/C25H30F3N3O3/c26-25(27,28)19-9-6-17(7-10-19)22(24(32)33)31-14-12-21(16-31)34-15-2-1-5-20-11-8-18-4-3-13-29-23(18)30-20/h6-11,21-22H,1-5,12-16H2,(H,29,30)(H,32,33)/t21-,22?/m1/s1. The van der Waals surface area contributed by atoms with Crippen LogP contribution in [0, 0.1) is 0 Å². The van der Waals surface area contributed by atoms with Gasteiger partial charge in [-0.3, -0.25) is 9.69 Å². The fourth-order valence-electron chi connectivity index (χ4n) is 4.65. The van der Waals surface area contributed by atoms with Crippen LogP contribution in [0.2, 0.25) is 0 Å². The van der Waals surface area contributed by atoms with Gasteiger partial charge < -0.3 is 15.2 Å². The second kappa shape index (κ2) is 10.7. The van der Waals surface area contributed by atoms with E-state index in [0.717, 1.165) is 62.3 Å². The zero-order chi connectivity index (χ0) is 24.1. The van der Waals surface area contributed by atoms with Gasteiger partial charge in [-0.1, -0.05) is 18.2 Å². The number of halogens is 3. The fourth-order valence-corrected chi connectivity index (χ4v) is 4.65. The molecule has 3 heterocycles. The molecule has 1 unspecified atom stereocenters. The molecular formula is C25H30F3N3O3. The number of ether oxygens (including phenoxy) is 1. The van der Waals surface area contributed by atoms with Crippen LogP contribution in [0.1, 0.15) is 54.1 Å². The van der Waals surface area contributed by atoms with E-state index in [1.54, 1.807) is 4.90 Å². The van der Waals surface area contributed by atoms with E-state index < -0.39 is 23.8 Å². The van der Waals surface area contributed by atoms with Crippen molar-refractivity contribution in [1.82, 2.24) is 9.88 Å². The number of aromatic nitrogens is 1. The highest BCUT2D eigenvalue weighted by atomic mass is 19.4. The lowest BCUT2D eigenvalue weighted by Gasteiger charge is -2.25. The maximum atomic E-state index is 12.8. The van der Waals surface area contributed by atoms with Crippen molar-refractivity contribution in [3.05, 3.63) is 58.8 Å². The highest BCUT2D eigenvalue weighted by Crippen LogP contribution is 2.32. The van der Waals surface area contributed by atoms with Gasteiger partial charge in [-0.2, -0.15) is 13.2 Å². The number of likely N-dealkylation sites (tertiary alicyclic amines) is 1. The molecule has 1 fully saturated rings. The van der Waals surface area contributed by atoms with Gasteiger partial charge in [0.2, 0.25) is 0 Å². The van der Waals surface area contributed by atoms with Crippen molar-refractivity contribution >= 4 is 11.8 Å². The largest absolute Gasteiger partial charge is 0.480 e. The first-order valence-electron chi connectivity index (χ1n) is 11.8. The number of hydrogen-bond donors (Lipinski definition) is 2. The highest BCUT2D eigenvalue weighted by molar-refractivity contribution is 5.75. The Bertz CT molecular complexity index is 982. The minimum Gasteiger partial charge on any atom is -0.480 e. The lowest BCUT2D eigenvalue weighted by Crippen LogP contribution is -2.33. The Morgan fingerprint density at radius 3 is 2.74 bits per heavy atom. The van der Waals surface area contributed by atoms with E-state index in [1.807, 2.05) is 0 Å². The molecule has 4 rings (SSSR count). The van der Waals surface area contributed by atoms with Crippen LogP contribution in [0.25, 0.3) is 0 Å². The van der Waals surface area contributed by atoms with Crippen LogP contribution in [0.5, 0.6) is 0 Å². The monoisotopic (exact) mass is 477 g/mol. The number of rotatable bonds is 9. The van der Waals surface area contributed by atoms with Gasteiger partial charge in [0.1, 0.15) is 11.9 Å². The van der Waals surface area contributed by atoms with Gasteiger partial charge >= 0.3 is 12.1 Å². The van der Waals surface area contributed by atoms with Crippen LogP contribution in [-0.4, -0.2) is 53.3 Å². The molecule has 184 valence electrons. The summed E-state index contributed by atoms with van der Waals surface area (Å²) in [5.41, 5.74) is 1.90. The number of nitrogens with zero attached hydrogens (tertiary/aromatic N) is 2. The minimum atomic E-state index is -4.45. The maximum Gasteiger partial charge on any atom is 0.416 e. The number of carbonyl (C=O) groups is 1. The van der Waals surface area contributed by atoms with Crippen LogP contribution >= 0.6 is 0 Å². The molecule has 0 aliphatic carbocycles. The van der Waals surface area contributed by atoms with Gasteiger partial charge in [-0.25, -0.2) is 4.98 Å². The summed E-state index contributed by atoms with van der Waals surface area (Å²) in [4.78, 5) is 18.4. The fraction of sp³-hybridized carbons (Fsp3) is 0.520. The summed E-state index contributed by atoms with van der Waals surface area (Å²) in [6.07, 6.45) is 1.09. The van der Waals surface area contributed by atoms with E-state index in [2.05, 4.69) is 17.4 Å². The van der Waals surface area contributed by atoms with Crippen molar-refractivity contribution in [3.8, 4) is 0 Å². The number of anilines is 1. The number of pyridine rings is 1. The molecule has 2 aliphatic rings. The van der Waals surface area contributed by atoms with Gasteiger partial charge in [0.15, 0.2) is 0 Å². The average molecular weight is 478 g/mol. The Morgan fingerprint density at radius 2 is 2.00 bits per heavy atom. The predicted molar refractivity (Wildman–Crippen MR) is 122 cm³/mol. The first kappa shape index (κ1) is 24.5. The number of aryl methyl sites for hydroxylation is 2. The summed E-state index contributed by atoms with van der Waals surface area (Å²) in [7, 11) is 0. The van der Waals surface area contributed by atoms with Crippen molar-refractivity contribution in [2.24, 2.45) is 0 Å². The molecule has 1 aromatic carbocycles. The third-order valence-electron chi connectivity index (χ3n) is 6.46. The minimum absolute atomic E-state index is 0.0811. The van der Waals surface area contributed by atoms with Crippen LogP contribution < -0.4 is 5.32 Å². The van der Waals surface area contributed by atoms with Crippen molar-refractivity contribution < 1.29 is 27.8 Å². The number of fused-ring (bicyclic) bond motifs is 1. The zero-order valence-electron chi connectivity index (χ0n) is 19.0. The molecule has 9 heteroatoms. The third kappa shape index (κ3) is 6.07. The smallest absolute Gasteiger partial charge is 0.416 e. The summed E-state index contributed by atoms with van der Waals surface area (Å²) in [5, 5.41) is 13.1. The Labute approximate surface area is 197 Å². The SMILES string of the molecule is O=C(O)C(c1ccc(C(F)(F)F)cc1)N1CC[C@@H](OCCCCc2ccc3c(n2)NCCC3)C1. The molecule has 2 N–H and O–H groups in total. The molecule has 34 heavy (non-hydrogen) atoms. The van der Waals surface area contributed by atoms with Crippen molar-refractivity contribution in [2.45, 2.75) is 56.8 Å². The van der Waals surface area contributed by atoms with E-state index in [4.69, 9.17) is 9.72 Å². The van der Waals surface area contributed by atoms with Crippen LogP contribution in [-0.2, 0) is 28.5 Å². The number of hydrogen-bond acceptors (Lipinski definition) is 5. The molecule has 2 aliphatic heterocycles. The van der Waals surface area contributed by atoms with Crippen molar-refractivity contribution in [2.75, 3.05) is 31.6 Å². The Kier molecular flexibility index (Phi) is 7.73. The molecule has 0 amide bonds. The molecule has 2 aromatic rings. The topological polar surface area (TPSA) is 74.7 Å². The summed E-state index contributed by atoms with van der Waals surface area (Å²) in [6.45, 7) is 2.52. The number of nitrogens with one attached hydrogen (secondary N) is 1. The van der Waals surface area contributed by atoms with E-state index in [0.29, 0.717) is 31.7 Å². The second-order valence-corrected chi connectivity index (χ2v) is 8.93. The number of aliphatic carboxylic acids is 1. The van der Waals surface area contributed by atoms with E-state index in [-0.39, 0.29) is 6.10 Å². The molecule has 0 saturated carbocycles. The van der Waals surface area contributed by atoms with Crippen molar-refractivity contribution in [1.29, 1.82) is 0 Å². The molecule has 1 aromatic heterocycles. The van der Waals surface area contributed by atoms with Crippen molar-refractivity contribution in [3.63, 3.8) is 0 Å². The van der Waals surface area contributed by atoms with Crippen LogP contribution in [0.3, 0.4) is 0 Å². The molecule has 0 bridgehead atoms. The lowest BCUT2D eigenvalue weighted by atomic mass is 10.0. The van der Waals surface area contributed by atoms with Gasteiger partial charge in [0, 0.05) is 31.9 Å². The lowest BCUT2D eigenvalue weighted by molar-refractivity contribution is -0.143. The summed E-state index contributed by atoms with van der Waals surface area (Å²) < 4.78 is 44.4. The van der Waals surface area contributed by atoms with Gasteiger partial charge in [-0.05, 0) is 67.9 Å². The number of benzene rings is 1. The highest BCUT2D eigenvalue weighted by Gasteiger charge is 2.35. The van der Waals surface area contributed by atoms with Crippen LogP contribution in [0.15, 0.2) is 36.4 Å². The predicted octanol–water partition coefficient (Wildman–Crippen LogP) is 4.70. The Morgan fingerprint density at radius 1 is 1.21 bits per heavy atom. The molecule has 0 radical (unpaired) electrons. The van der Waals surface area contributed by atoms with Gasteiger partial charge in [0.25, 0.3) is 0 Å². The summed E-state index contributed by atoms with van der Waals surface area (Å²) in [6, 6.07) is 7.63. The Hall–Kier alpha value is -2.65. The van der Waals surface area contributed by atoms with E-state index in [9.17, 15) is 23.1 Å².